The molecular formula is C17H21N3O2S. The van der Waals surface area contributed by atoms with Gasteiger partial charge in [-0.15, -0.1) is 16.8 Å². The predicted octanol–water partition coefficient (Wildman–Crippen LogP) is 3.45. The first kappa shape index (κ1) is 16.3. The van der Waals surface area contributed by atoms with Crippen LogP contribution in [0.1, 0.15) is 6.42 Å². The van der Waals surface area contributed by atoms with E-state index in [9.17, 15) is 0 Å². The molecule has 0 saturated carbocycles. The van der Waals surface area contributed by atoms with Crippen molar-refractivity contribution in [1.29, 1.82) is 0 Å². The normalized spacial score (nSPS) is 18.8. The molecule has 6 heteroatoms. The number of aromatic nitrogens is 1. The summed E-state index contributed by atoms with van der Waals surface area (Å²) in [6, 6.07) is 14.4. The highest BCUT2D eigenvalue weighted by molar-refractivity contribution is 7.98. The molecule has 3 rings (SSSR count). The Hall–Kier alpha value is -1.60. The largest absolute Gasteiger partial charge is 0.367 e. The number of thioether (sulfide) groups is 1. The summed E-state index contributed by atoms with van der Waals surface area (Å²) in [5, 5.41) is 5.01. The summed E-state index contributed by atoms with van der Waals surface area (Å²) in [4.78, 5) is 16.3. The average molecular weight is 331 g/mol. The number of rotatable bonds is 5. The van der Waals surface area contributed by atoms with Gasteiger partial charge in [-0.1, -0.05) is 18.2 Å². The third kappa shape index (κ3) is 4.45. The molecule has 1 N–H and O–H groups in total. The lowest BCUT2D eigenvalue weighted by molar-refractivity contribution is -0.458. The first-order chi connectivity index (χ1) is 11.2. The minimum Gasteiger partial charge on any atom is -0.367 e. The van der Waals surface area contributed by atoms with Gasteiger partial charge in [0.1, 0.15) is 11.9 Å². The van der Waals surface area contributed by atoms with Crippen molar-refractivity contribution in [2.45, 2.75) is 17.4 Å². The Labute approximate surface area is 140 Å². The number of pyridine rings is 1. The number of benzene rings is 1. The summed E-state index contributed by atoms with van der Waals surface area (Å²) in [5.74, 6) is 0.846. The molecule has 0 spiro atoms. The summed E-state index contributed by atoms with van der Waals surface area (Å²) >= 11 is 1.74. The highest BCUT2D eigenvalue weighted by Crippen LogP contribution is 2.22. The molecule has 2 aromatic rings. The van der Waals surface area contributed by atoms with Crippen molar-refractivity contribution in [1.82, 2.24) is 10.0 Å². The fourth-order valence-electron chi connectivity index (χ4n) is 2.36. The maximum absolute atomic E-state index is 5.29. The molecule has 5 nitrogen and oxygen atoms in total. The second-order valence-corrected chi connectivity index (χ2v) is 6.33. The molecule has 1 unspecified atom stereocenters. The number of hydrogen-bond acceptors (Lipinski definition) is 6. The molecule has 1 aliphatic rings. The van der Waals surface area contributed by atoms with Crippen molar-refractivity contribution in [3.05, 3.63) is 42.5 Å². The number of nitrogens with zero attached hydrogens (tertiary/aromatic N) is 2. The number of anilines is 1. The average Bonchev–Trinajstić information content (AvgIpc) is 2.61. The topological polar surface area (TPSA) is 46.6 Å². The van der Waals surface area contributed by atoms with Crippen LogP contribution in [0.5, 0.6) is 0 Å². The van der Waals surface area contributed by atoms with Crippen LogP contribution in [0.4, 0.5) is 5.82 Å². The molecule has 1 aromatic heterocycles. The van der Waals surface area contributed by atoms with Crippen molar-refractivity contribution in [3.8, 4) is 11.3 Å². The Morgan fingerprint density at radius 3 is 2.78 bits per heavy atom. The lowest BCUT2D eigenvalue weighted by atomic mass is 10.1. The van der Waals surface area contributed by atoms with Crippen molar-refractivity contribution in [2.75, 3.05) is 31.7 Å². The van der Waals surface area contributed by atoms with Gasteiger partial charge >= 0.3 is 0 Å². The summed E-state index contributed by atoms with van der Waals surface area (Å²) in [6.45, 7) is 1.54. The Morgan fingerprint density at radius 2 is 2.09 bits per heavy atom. The van der Waals surface area contributed by atoms with Gasteiger partial charge in [0.15, 0.2) is 0 Å². The summed E-state index contributed by atoms with van der Waals surface area (Å²) in [6.07, 6.45) is 3.05. The van der Waals surface area contributed by atoms with E-state index in [1.54, 1.807) is 16.8 Å². The van der Waals surface area contributed by atoms with Crippen molar-refractivity contribution in [3.63, 3.8) is 0 Å². The molecule has 1 saturated heterocycles. The van der Waals surface area contributed by atoms with Crippen LogP contribution >= 0.6 is 11.8 Å². The molecule has 23 heavy (non-hydrogen) atoms. The van der Waals surface area contributed by atoms with Gasteiger partial charge in [-0.2, -0.15) is 5.06 Å². The second kappa shape index (κ2) is 7.79. The fourth-order valence-corrected chi connectivity index (χ4v) is 2.76. The summed E-state index contributed by atoms with van der Waals surface area (Å²) in [7, 11) is 1.86. The highest BCUT2D eigenvalue weighted by atomic mass is 32.2. The van der Waals surface area contributed by atoms with E-state index >= 15 is 0 Å². The SMILES string of the molecule is CSc1ccc(-c2cccc(NCC3CCN(C)OO3)n2)cc1. The molecule has 0 bridgehead atoms. The van der Waals surface area contributed by atoms with Crippen LogP contribution in [0.25, 0.3) is 11.3 Å². The van der Waals surface area contributed by atoms with E-state index in [4.69, 9.17) is 9.88 Å². The van der Waals surface area contributed by atoms with Crippen molar-refractivity contribution >= 4 is 17.6 Å². The molecule has 2 heterocycles. The van der Waals surface area contributed by atoms with Crippen LogP contribution in [0, 0.1) is 0 Å². The molecule has 1 atom stereocenters. The third-order valence-electron chi connectivity index (χ3n) is 3.72. The van der Waals surface area contributed by atoms with E-state index < -0.39 is 0 Å². The maximum atomic E-state index is 5.29. The third-order valence-corrected chi connectivity index (χ3v) is 4.46. The van der Waals surface area contributed by atoms with E-state index in [1.807, 2.05) is 25.2 Å². The number of hydroxylamine groups is 2. The summed E-state index contributed by atoms with van der Waals surface area (Å²) < 4.78 is 0. The van der Waals surface area contributed by atoms with Gasteiger partial charge in [0.25, 0.3) is 0 Å². The zero-order valence-corrected chi connectivity index (χ0v) is 14.2. The fraction of sp³-hybridized carbons (Fsp3) is 0.353. The second-order valence-electron chi connectivity index (χ2n) is 5.45. The highest BCUT2D eigenvalue weighted by Gasteiger charge is 2.18. The number of hydrogen-bond donors (Lipinski definition) is 1. The van der Waals surface area contributed by atoms with Crippen LogP contribution < -0.4 is 5.32 Å². The van der Waals surface area contributed by atoms with E-state index in [2.05, 4.69) is 40.8 Å². The van der Waals surface area contributed by atoms with E-state index in [1.165, 1.54) is 4.90 Å². The quantitative estimate of drug-likeness (QED) is 0.669. The molecule has 0 aliphatic carbocycles. The number of nitrogens with one attached hydrogen (secondary N) is 1. The maximum Gasteiger partial charge on any atom is 0.126 e. The zero-order valence-electron chi connectivity index (χ0n) is 13.4. The molecule has 1 aromatic carbocycles. The molecule has 1 aliphatic heterocycles. The van der Waals surface area contributed by atoms with Crippen LogP contribution in [0.2, 0.25) is 0 Å². The predicted molar refractivity (Wildman–Crippen MR) is 93.1 cm³/mol. The smallest absolute Gasteiger partial charge is 0.126 e. The van der Waals surface area contributed by atoms with E-state index in [0.717, 1.165) is 30.0 Å². The summed E-state index contributed by atoms with van der Waals surface area (Å²) in [5.41, 5.74) is 2.08. The van der Waals surface area contributed by atoms with Gasteiger partial charge in [0.05, 0.1) is 5.69 Å². The zero-order chi connectivity index (χ0) is 16.1. The van der Waals surface area contributed by atoms with E-state index in [-0.39, 0.29) is 6.10 Å². The van der Waals surface area contributed by atoms with Gasteiger partial charge in [-0.3, -0.25) is 0 Å². The molecule has 122 valence electrons. The minimum atomic E-state index is 0.0394. The van der Waals surface area contributed by atoms with Gasteiger partial charge in [-0.25, -0.2) is 9.87 Å². The van der Waals surface area contributed by atoms with Crippen LogP contribution in [-0.4, -0.2) is 42.5 Å². The Morgan fingerprint density at radius 1 is 1.26 bits per heavy atom. The van der Waals surface area contributed by atoms with Gasteiger partial charge < -0.3 is 5.32 Å². The first-order valence-electron chi connectivity index (χ1n) is 7.64. The van der Waals surface area contributed by atoms with Gasteiger partial charge in [-0.05, 0) is 36.9 Å². The standard InChI is InChI=1S/C17H21N3O2S/c1-20-11-10-14(21-22-20)12-18-17-5-3-4-16(19-17)13-6-8-15(23-2)9-7-13/h3-9,14H,10-12H2,1-2H3,(H,18,19). The van der Waals surface area contributed by atoms with E-state index in [0.29, 0.717) is 6.54 Å². The Bertz CT molecular complexity index is 628. The van der Waals surface area contributed by atoms with Crippen LogP contribution in [-0.2, 0) is 9.88 Å². The molecule has 0 radical (unpaired) electrons. The molecular weight excluding hydrogens is 310 g/mol. The lowest BCUT2D eigenvalue weighted by Gasteiger charge is -2.27. The van der Waals surface area contributed by atoms with Gasteiger partial charge in [0, 0.05) is 30.6 Å². The van der Waals surface area contributed by atoms with Crippen molar-refractivity contribution < 1.29 is 9.88 Å². The Balaban J connectivity index is 1.62. The van der Waals surface area contributed by atoms with Crippen LogP contribution in [0.15, 0.2) is 47.4 Å². The first-order valence-corrected chi connectivity index (χ1v) is 8.87. The monoisotopic (exact) mass is 331 g/mol. The minimum absolute atomic E-state index is 0.0394. The van der Waals surface area contributed by atoms with Crippen LogP contribution in [0.3, 0.4) is 0 Å². The molecule has 0 amide bonds. The Kier molecular flexibility index (Phi) is 5.51. The van der Waals surface area contributed by atoms with Crippen molar-refractivity contribution in [2.24, 2.45) is 0 Å². The van der Waals surface area contributed by atoms with Gasteiger partial charge in [0.2, 0.25) is 0 Å². The lowest BCUT2D eigenvalue weighted by Crippen LogP contribution is -2.36. The molecule has 1 fully saturated rings.